The van der Waals surface area contributed by atoms with Crippen LogP contribution in [0.3, 0.4) is 0 Å². The fourth-order valence-corrected chi connectivity index (χ4v) is 5.82. The van der Waals surface area contributed by atoms with Crippen LogP contribution in [-0.4, -0.2) is 56.5 Å². The van der Waals surface area contributed by atoms with E-state index < -0.39 is 17.8 Å². The summed E-state index contributed by atoms with van der Waals surface area (Å²) in [4.78, 5) is 21.8. The van der Waals surface area contributed by atoms with Crippen LogP contribution in [0, 0.1) is 0 Å². The Bertz CT molecular complexity index is 1680. The average Bonchev–Trinajstić information content (AvgIpc) is 3.34. The van der Waals surface area contributed by atoms with Gasteiger partial charge in [0.2, 0.25) is 0 Å². The van der Waals surface area contributed by atoms with Crippen LogP contribution in [-0.2, 0) is 6.18 Å². The van der Waals surface area contributed by atoms with E-state index >= 15 is 0 Å². The maximum atomic E-state index is 14.1. The number of aromatic nitrogens is 3. The van der Waals surface area contributed by atoms with Gasteiger partial charge in [0.1, 0.15) is 5.02 Å². The first-order valence-corrected chi connectivity index (χ1v) is 14.4. The van der Waals surface area contributed by atoms with E-state index in [9.17, 15) is 18.0 Å². The number of fused-ring (bicyclic) bond motifs is 1. The van der Waals surface area contributed by atoms with Gasteiger partial charge in [0.15, 0.2) is 17.0 Å². The molecule has 0 N–H and O–H groups in total. The number of amides is 1. The molecular weight excluding hydrogens is 631 g/mol. The lowest BCUT2D eigenvalue weighted by Crippen LogP contribution is -2.50. The molecular formula is C31H24BrClF3N5O. The average molecular weight is 655 g/mol. The van der Waals surface area contributed by atoms with E-state index in [1.807, 2.05) is 36.4 Å². The van der Waals surface area contributed by atoms with Gasteiger partial charge in [-0.1, -0.05) is 100 Å². The first-order valence-electron chi connectivity index (χ1n) is 13.3. The molecule has 5 aromatic rings. The van der Waals surface area contributed by atoms with Crippen LogP contribution < -0.4 is 0 Å². The second-order valence-corrected chi connectivity index (χ2v) is 11.3. The van der Waals surface area contributed by atoms with E-state index in [-0.39, 0.29) is 28.1 Å². The Morgan fingerprint density at radius 2 is 1.43 bits per heavy atom. The molecule has 0 bridgehead atoms. The summed E-state index contributed by atoms with van der Waals surface area (Å²) in [6.07, 6.45) is -4.75. The predicted molar refractivity (Wildman–Crippen MR) is 158 cm³/mol. The Morgan fingerprint density at radius 3 is 1.98 bits per heavy atom. The lowest BCUT2D eigenvalue weighted by molar-refractivity contribution is -0.142. The number of halogens is 5. The Labute approximate surface area is 253 Å². The lowest BCUT2D eigenvalue weighted by atomic mass is 9.96. The molecule has 42 heavy (non-hydrogen) atoms. The van der Waals surface area contributed by atoms with E-state index in [0.717, 1.165) is 21.7 Å². The topological polar surface area (TPSA) is 53.7 Å². The quantitative estimate of drug-likeness (QED) is 0.199. The summed E-state index contributed by atoms with van der Waals surface area (Å²) in [7, 11) is 0. The first kappa shape index (κ1) is 28.4. The van der Waals surface area contributed by atoms with Crippen molar-refractivity contribution in [3.63, 3.8) is 0 Å². The van der Waals surface area contributed by atoms with Gasteiger partial charge in [-0.25, -0.2) is 9.50 Å². The van der Waals surface area contributed by atoms with Crippen molar-refractivity contribution in [1.29, 1.82) is 0 Å². The van der Waals surface area contributed by atoms with Crippen LogP contribution in [0.4, 0.5) is 13.2 Å². The van der Waals surface area contributed by atoms with Crippen molar-refractivity contribution < 1.29 is 18.0 Å². The fourth-order valence-electron chi connectivity index (χ4n) is 5.32. The van der Waals surface area contributed by atoms with Gasteiger partial charge in [-0.3, -0.25) is 9.69 Å². The number of piperazine rings is 1. The molecule has 0 saturated carbocycles. The van der Waals surface area contributed by atoms with Crippen LogP contribution in [0.15, 0.2) is 95.5 Å². The molecule has 6 rings (SSSR count). The van der Waals surface area contributed by atoms with Crippen LogP contribution in [0.5, 0.6) is 0 Å². The Morgan fingerprint density at radius 1 is 0.857 bits per heavy atom. The molecule has 3 heterocycles. The molecule has 1 saturated heterocycles. The van der Waals surface area contributed by atoms with E-state index in [2.05, 4.69) is 55.2 Å². The van der Waals surface area contributed by atoms with Crippen LogP contribution in [0.2, 0.25) is 5.02 Å². The highest BCUT2D eigenvalue weighted by atomic mass is 79.9. The Kier molecular flexibility index (Phi) is 7.78. The number of benzene rings is 3. The van der Waals surface area contributed by atoms with E-state index in [4.69, 9.17) is 11.6 Å². The minimum absolute atomic E-state index is 0.000918. The van der Waals surface area contributed by atoms with Crippen molar-refractivity contribution in [2.75, 3.05) is 26.2 Å². The number of carbonyl (C=O) groups is 1. The van der Waals surface area contributed by atoms with Crippen molar-refractivity contribution in [3.8, 4) is 11.3 Å². The van der Waals surface area contributed by atoms with Gasteiger partial charge >= 0.3 is 6.18 Å². The molecule has 6 nitrogen and oxygen atoms in total. The number of rotatable bonds is 5. The maximum Gasteiger partial charge on any atom is 0.433 e. The normalized spacial score (nSPS) is 14.6. The highest BCUT2D eigenvalue weighted by Crippen LogP contribution is 2.35. The molecule has 0 spiro atoms. The van der Waals surface area contributed by atoms with Crippen LogP contribution in [0.25, 0.3) is 16.9 Å². The summed E-state index contributed by atoms with van der Waals surface area (Å²) in [5.74, 6) is -0.528. The summed E-state index contributed by atoms with van der Waals surface area (Å²) < 4.78 is 43.8. The van der Waals surface area contributed by atoms with Gasteiger partial charge in [0, 0.05) is 36.2 Å². The summed E-state index contributed by atoms with van der Waals surface area (Å²) >= 11 is 9.87. The largest absolute Gasteiger partial charge is 0.433 e. The summed E-state index contributed by atoms with van der Waals surface area (Å²) in [5.41, 5.74) is 1.28. The maximum absolute atomic E-state index is 14.1. The minimum Gasteiger partial charge on any atom is -0.335 e. The molecule has 0 aliphatic carbocycles. The molecule has 11 heteroatoms. The molecule has 1 fully saturated rings. The van der Waals surface area contributed by atoms with Crippen molar-refractivity contribution in [2.45, 2.75) is 12.2 Å². The second kappa shape index (κ2) is 11.5. The molecule has 2 aromatic heterocycles. The number of alkyl halides is 3. The SMILES string of the molecule is O=C(c1nn2c(C(F)(F)F)cc(-c3ccc(Br)cc3)nc2c1Cl)N1CCN(C(c2ccccc2)c2ccccc2)CC1. The lowest BCUT2D eigenvalue weighted by Gasteiger charge is -2.39. The molecule has 0 radical (unpaired) electrons. The zero-order valence-corrected chi connectivity index (χ0v) is 24.4. The highest BCUT2D eigenvalue weighted by Gasteiger charge is 2.38. The Hall–Kier alpha value is -3.73. The summed E-state index contributed by atoms with van der Waals surface area (Å²) in [6, 6.07) is 27.9. The smallest absolute Gasteiger partial charge is 0.335 e. The van der Waals surface area contributed by atoms with E-state index in [0.29, 0.717) is 36.3 Å². The van der Waals surface area contributed by atoms with E-state index in [1.165, 1.54) is 0 Å². The minimum atomic E-state index is -4.75. The van der Waals surface area contributed by atoms with Gasteiger partial charge in [-0.2, -0.15) is 18.3 Å². The molecule has 1 aliphatic heterocycles. The second-order valence-electron chi connectivity index (χ2n) is 9.98. The van der Waals surface area contributed by atoms with Gasteiger partial charge in [0.05, 0.1) is 11.7 Å². The number of carbonyl (C=O) groups excluding carboxylic acids is 1. The summed E-state index contributed by atoms with van der Waals surface area (Å²) in [6.45, 7) is 1.85. The third kappa shape index (κ3) is 5.54. The number of nitrogens with zero attached hydrogens (tertiary/aromatic N) is 5. The van der Waals surface area contributed by atoms with Crippen molar-refractivity contribution in [2.24, 2.45) is 0 Å². The number of hydrogen-bond donors (Lipinski definition) is 0. The molecule has 1 aliphatic rings. The monoisotopic (exact) mass is 653 g/mol. The first-order chi connectivity index (χ1) is 20.2. The van der Waals surface area contributed by atoms with Gasteiger partial charge in [-0.15, -0.1) is 0 Å². The van der Waals surface area contributed by atoms with Crippen molar-refractivity contribution >= 4 is 39.1 Å². The molecule has 1 amide bonds. The van der Waals surface area contributed by atoms with E-state index in [1.54, 1.807) is 29.2 Å². The van der Waals surface area contributed by atoms with Gasteiger partial charge < -0.3 is 4.90 Å². The van der Waals surface area contributed by atoms with Crippen molar-refractivity contribution in [3.05, 3.63) is 123 Å². The zero-order valence-electron chi connectivity index (χ0n) is 22.1. The van der Waals surface area contributed by atoms with Crippen molar-refractivity contribution in [1.82, 2.24) is 24.4 Å². The number of hydrogen-bond acceptors (Lipinski definition) is 4. The molecule has 0 atom stereocenters. The van der Waals surface area contributed by atoms with Gasteiger partial charge in [0.25, 0.3) is 5.91 Å². The summed E-state index contributed by atoms with van der Waals surface area (Å²) in [5, 5.41) is 3.83. The zero-order chi connectivity index (χ0) is 29.4. The fraction of sp³-hybridized carbons (Fsp3) is 0.194. The highest BCUT2D eigenvalue weighted by molar-refractivity contribution is 9.10. The van der Waals surface area contributed by atoms with Gasteiger partial charge in [-0.05, 0) is 29.3 Å². The predicted octanol–water partition coefficient (Wildman–Crippen LogP) is 7.38. The molecule has 0 unspecified atom stereocenters. The Balaban J connectivity index is 1.29. The molecule has 214 valence electrons. The third-order valence-corrected chi connectivity index (χ3v) is 8.24. The van der Waals surface area contributed by atoms with Crippen LogP contribution in [0.1, 0.15) is 33.4 Å². The molecule has 3 aromatic carbocycles. The standard InChI is InChI=1S/C31H24BrClF3N5O/c32-23-13-11-20(12-14-23)24-19-25(31(34,35)36)41-29(37-24)26(33)27(38-41)30(42)40-17-15-39(16-18-40)28(21-7-3-1-4-8-21)22-9-5-2-6-10-22/h1-14,19,28H,15-18H2. The third-order valence-electron chi connectivity index (χ3n) is 7.36. The van der Waals surface area contributed by atoms with Crippen LogP contribution >= 0.6 is 27.5 Å².